The number of fused-ring (bicyclic) bond motifs is 2. The smallest absolute Gasteiger partial charge is 0.387 e. The van der Waals surface area contributed by atoms with Gasteiger partial charge in [0, 0.05) is 18.2 Å². The molecule has 2 fully saturated rings. The third-order valence-electron chi connectivity index (χ3n) is 5.17. The van der Waals surface area contributed by atoms with Crippen molar-refractivity contribution in [1.82, 2.24) is 5.32 Å². The van der Waals surface area contributed by atoms with Crippen molar-refractivity contribution in [3.05, 3.63) is 29.3 Å². The van der Waals surface area contributed by atoms with Gasteiger partial charge in [-0.15, -0.1) is 12.4 Å². The van der Waals surface area contributed by atoms with Gasteiger partial charge in [-0.25, -0.2) is 0 Å². The highest BCUT2D eigenvalue weighted by atomic mass is 35.5. The molecule has 134 valence electrons. The van der Waals surface area contributed by atoms with Crippen molar-refractivity contribution in [2.45, 2.75) is 45.4 Å². The second-order valence-corrected chi connectivity index (χ2v) is 6.64. The van der Waals surface area contributed by atoms with E-state index in [9.17, 15) is 13.6 Å². The highest BCUT2D eigenvalue weighted by molar-refractivity contribution is 5.85. The van der Waals surface area contributed by atoms with Gasteiger partial charge in [-0.05, 0) is 44.1 Å². The zero-order valence-corrected chi connectivity index (χ0v) is 14.3. The van der Waals surface area contributed by atoms with Gasteiger partial charge in [-0.2, -0.15) is 8.78 Å². The molecule has 0 radical (unpaired) electrons. The van der Waals surface area contributed by atoms with Crippen LogP contribution >= 0.6 is 12.4 Å². The van der Waals surface area contributed by atoms with E-state index in [4.69, 9.17) is 5.73 Å². The van der Waals surface area contributed by atoms with Crippen LogP contribution in [0.15, 0.2) is 18.2 Å². The van der Waals surface area contributed by atoms with Gasteiger partial charge in [-0.1, -0.05) is 17.7 Å². The van der Waals surface area contributed by atoms with Gasteiger partial charge in [0.1, 0.15) is 5.75 Å². The summed E-state index contributed by atoms with van der Waals surface area (Å²) in [6.45, 7) is -0.849. The Bertz CT molecular complexity index is 598. The van der Waals surface area contributed by atoms with Crippen LogP contribution in [0.3, 0.4) is 0 Å². The van der Waals surface area contributed by atoms with Gasteiger partial charge in [0.15, 0.2) is 0 Å². The number of alkyl halides is 2. The van der Waals surface area contributed by atoms with Crippen LogP contribution in [-0.2, 0) is 11.3 Å². The van der Waals surface area contributed by atoms with E-state index in [2.05, 4.69) is 10.1 Å². The molecule has 0 aliphatic heterocycles. The Morgan fingerprint density at radius 2 is 2.08 bits per heavy atom. The number of ether oxygens (including phenoxy) is 1. The van der Waals surface area contributed by atoms with Crippen molar-refractivity contribution in [2.24, 2.45) is 23.5 Å². The first-order valence-electron chi connectivity index (χ1n) is 8.03. The Hall–Kier alpha value is -1.40. The number of rotatable bonds is 5. The SMILES string of the molecule is Cc1ccc(OC(F)F)c(CNC(=O)C2C3CCC(C3)C2N)c1.Cl. The van der Waals surface area contributed by atoms with E-state index in [-0.39, 0.29) is 42.6 Å². The molecular formula is C17H23ClF2N2O2. The average molecular weight is 361 g/mol. The number of hydrogen-bond acceptors (Lipinski definition) is 3. The predicted octanol–water partition coefficient (Wildman–Crippen LogP) is 3.01. The van der Waals surface area contributed by atoms with Gasteiger partial charge in [-0.3, -0.25) is 4.79 Å². The Balaban J connectivity index is 0.00000208. The maximum Gasteiger partial charge on any atom is 0.387 e. The fourth-order valence-corrected chi connectivity index (χ4v) is 4.08. The fraction of sp³-hybridized carbons (Fsp3) is 0.588. The highest BCUT2D eigenvalue weighted by Crippen LogP contribution is 2.47. The quantitative estimate of drug-likeness (QED) is 0.848. The first-order valence-corrected chi connectivity index (χ1v) is 8.03. The maximum absolute atomic E-state index is 12.5. The van der Waals surface area contributed by atoms with Crippen LogP contribution in [0.1, 0.15) is 30.4 Å². The van der Waals surface area contributed by atoms with Gasteiger partial charge in [0.2, 0.25) is 5.91 Å². The summed E-state index contributed by atoms with van der Waals surface area (Å²) in [5.74, 6) is 0.687. The normalized spacial score (nSPS) is 27.9. The number of nitrogens with one attached hydrogen (secondary N) is 1. The summed E-state index contributed by atoms with van der Waals surface area (Å²) in [4.78, 5) is 12.5. The second-order valence-electron chi connectivity index (χ2n) is 6.64. The van der Waals surface area contributed by atoms with E-state index in [1.165, 1.54) is 6.07 Å². The van der Waals surface area contributed by atoms with Crippen molar-refractivity contribution in [2.75, 3.05) is 0 Å². The van der Waals surface area contributed by atoms with Crippen LogP contribution in [0.4, 0.5) is 8.78 Å². The number of amides is 1. The standard InChI is InChI=1S/C17H22F2N2O2.ClH/c1-9-2-5-13(23-17(18)19)12(6-9)8-21-16(22)14-10-3-4-11(7-10)15(14)20;/h2,5-6,10-11,14-15,17H,3-4,7-8,20H2,1H3,(H,21,22);1H. The molecular weight excluding hydrogens is 338 g/mol. The van der Waals surface area contributed by atoms with Crippen molar-refractivity contribution in [1.29, 1.82) is 0 Å². The van der Waals surface area contributed by atoms with Gasteiger partial charge in [0.05, 0.1) is 5.92 Å². The van der Waals surface area contributed by atoms with Gasteiger partial charge < -0.3 is 15.8 Å². The highest BCUT2D eigenvalue weighted by Gasteiger charge is 2.48. The first kappa shape index (κ1) is 18.9. The van der Waals surface area contributed by atoms with Gasteiger partial charge in [0.25, 0.3) is 0 Å². The summed E-state index contributed by atoms with van der Waals surface area (Å²) >= 11 is 0. The van der Waals surface area contributed by atoms with Crippen LogP contribution in [0.5, 0.6) is 5.75 Å². The van der Waals surface area contributed by atoms with Crippen LogP contribution < -0.4 is 15.8 Å². The Morgan fingerprint density at radius 1 is 1.38 bits per heavy atom. The van der Waals surface area contributed by atoms with Crippen LogP contribution in [0.2, 0.25) is 0 Å². The third-order valence-corrected chi connectivity index (χ3v) is 5.17. The third kappa shape index (κ3) is 3.81. The van der Waals surface area contributed by atoms with Crippen LogP contribution in [0, 0.1) is 24.7 Å². The molecule has 1 aromatic carbocycles. The molecule has 7 heteroatoms. The van der Waals surface area contributed by atoms with E-state index < -0.39 is 6.61 Å². The predicted molar refractivity (Wildman–Crippen MR) is 89.2 cm³/mol. The molecule has 1 aromatic rings. The van der Waals surface area contributed by atoms with Crippen molar-refractivity contribution in [3.63, 3.8) is 0 Å². The minimum absolute atomic E-state index is 0. The number of benzene rings is 1. The summed E-state index contributed by atoms with van der Waals surface area (Å²) < 4.78 is 29.5. The van der Waals surface area contributed by atoms with Crippen LogP contribution in [0.25, 0.3) is 0 Å². The lowest BCUT2D eigenvalue weighted by Crippen LogP contribution is -2.45. The zero-order chi connectivity index (χ0) is 16.6. The van der Waals surface area contributed by atoms with E-state index in [0.29, 0.717) is 17.4 Å². The monoisotopic (exact) mass is 360 g/mol. The minimum atomic E-state index is -2.88. The number of carbonyl (C=O) groups is 1. The number of hydrogen-bond donors (Lipinski definition) is 2. The Kier molecular flexibility index (Phi) is 6.04. The van der Waals surface area contributed by atoms with Crippen LogP contribution in [-0.4, -0.2) is 18.6 Å². The summed E-state index contributed by atoms with van der Waals surface area (Å²) in [6, 6.07) is 4.88. The minimum Gasteiger partial charge on any atom is -0.434 e. The molecule has 0 heterocycles. The lowest BCUT2D eigenvalue weighted by molar-refractivity contribution is -0.127. The summed E-state index contributed by atoms with van der Waals surface area (Å²) in [5.41, 5.74) is 7.64. The number of carbonyl (C=O) groups excluding carboxylic acids is 1. The summed E-state index contributed by atoms with van der Waals surface area (Å²) in [7, 11) is 0. The number of halogens is 3. The molecule has 3 N–H and O–H groups in total. The summed E-state index contributed by atoms with van der Waals surface area (Å²) in [5, 5.41) is 2.85. The maximum atomic E-state index is 12.5. The van der Waals surface area contributed by atoms with Crippen molar-refractivity contribution in [3.8, 4) is 5.75 Å². The molecule has 0 saturated heterocycles. The van der Waals surface area contributed by atoms with E-state index >= 15 is 0 Å². The molecule has 2 aliphatic carbocycles. The summed E-state index contributed by atoms with van der Waals surface area (Å²) in [6.07, 6.45) is 3.20. The molecule has 3 rings (SSSR count). The van der Waals surface area contributed by atoms with E-state index in [1.54, 1.807) is 12.1 Å². The number of nitrogens with two attached hydrogens (primary N) is 1. The lowest BCUT2D eigenvalue weighted by Gasteiger charge is -2.27. The van der Waals surface area contributed by atoms with Crippen molar-refractivity contribution >= 4 is 18.3 Å². The molecule has 1 amide bonds. The Labute approximate surface area is 146 Å². The molecule has 2 saturated carbocycles. The topological polar surface area (TPSA) is 64.3 Å². The largest absolute Gasteiger partial charge is 0.434 e. The molecule has 0 aromatic heterocycles. The lowest BCUT2D eigenvalue weighted by atomic mass is 9.84. The fourth-order valence-electron chi connectivity index (χ4n) is 4.08. The molecule has 4 atom stereocenters. The Morgan fingerprint density at radius 3 is 2.71 bits per heavy atom. The molecule has 0 spiro atoms. The molecule has 4 nitrogen and oxygen atoms in total. The average Bonchev–Trinajstić information content (AvgIpc) is 3.07. The first-order chi connectivity index (χ1) is 11.0. The molecule has 24 heavy (non-hydrogen) atoms. The van der Waals surface area contributed by atoms with E-state index in [0.717, 1.165) is 24.8 Å². The molecule has 2 bridgehead atoms. The number of aryl methyl sites for hydroxylation is 1. The second kappa shape index (κ2) is 7.66. The van der Waals surface area contributed by atoms with E-state index in [1.807, 2.05) is 6.92 Å². The van der Waals surface area contributed by atoms with Gasteiger partial charge >= 0.3 is 6.61 Å². The zero-order valence-electron chi connectivity index (χ0n) is 13.5. The molecule has 4 unspecified atom stereocenters. The van der Waals surface area contributed by atoms with Crippen molar-refractivity contribution < 1.29 is 18.3 Å². The molecule has 2 aliphatic rings.